The zero-order chi connectivity index (χ0) is 13.8. The summed E-state index contributed by atoms with van der Waals surface area (Å²) in [6.45, 7) is 1.16. The van der Waals surface area contributed by atoms with Crippen LogP contribution in [0.1, 0.15) is 37.1 Å². The topological polar surface area (TPSA) is 24.9 Å². The molecule has 0 amide bonds. The van der Waals surface area contributed by atoms with E-state index in [0.29, 0.717) is 0 Å². The Morgan fingerprint density at radius 2 is 1.95 bits per heavy atom. The summed E-state index contributed by atoms with van der Waals surface area (Å²) < 4.78 is 1.33. The van der Waals surface area contributed by atoms with Crippen LogP contribution in [0.25, 0.3) is 10.2 Å². The van der Waals surface area contributed by atoms with Gasteiger partial charge in [0.1, 0.15) is 0 Å². The molecule has 0 aliphatic heterocycles. The van der Waals surface area contributed by atoms with E-state index in [1.165, 1.54) is 53.7 Å². The molecule has 3 rings (SSSR count). The van der Waals surface area contributed by atoms with Crippen LogP contribution in [-0.2, 0) is 6.42 Å². The van der Waals surface area contributed by atoms with Crippen LogP contribution in [0.2, 0.25) is 0 Å². The smallest absolute Gasteiger partial charge is 0.0941 e. The average Bonchev–Trinajstić information content (AvgIpc) is 2.74. The van der Waals surface area contributed by atoms with Gasteiger partial charge in [-0.3, -0.25) is 0 Å². The Hall–Kier alpha value is -0.930. The molecule has 2 unspecified atom stereocenters. The van der Waals surface area contributed by atoms with Crippen molar-refractivity contribution >= 4 is 21.6 Å². The lowest BCUT2D eigenvalue weighted by atomic mass is 9.85. The molecular weight excluding hydrogens is 264 g/mol. The highest BCUT2D eigenvalue weighted by molar-refractivity contribution is 7.18. The maximum absolute atomic E-state index is 4.83. The minimum absolute atomic E-state index is 0.811. The lowest BCUT2D eigenvalue weighted by Gasteiger charge is -2.24. The number of benzene rings is 1. The molecule has 3 heteroatoms. The first-order valence-corrected chi connectivity index (χ1v) is 8.67. The molecule has 0 radical (unpaired) electrons. The Morgan fingerprint density at radius 3 is 2.75 bits per heavy atom. The summed E-state index contributed by atoms with van der Waals surface area (Å²) in [6, 6.07) is 8.52. The second-order valence-electron chi connectivity index (χ2n) is 6.00. The number of hydrogen-bond donors (Lipinski definition) is 1. The molecule has 0 saturated heterocycles. The van der Waals surface area contributed by atoms with Gasteiger partial charge in [-0.25, -0.2) is 4.98 Å². The quantitative estimate of drug-likeness (QED) is 0.851. The number of para-hydroxylation sites is 1. The van der Waals surface area contributed by atoms with Crippen molar-refractivity contribution in [2.75, 3.05) is 13.6 Å². The molecule has 2 atom stereocenters. The summed E-state index contributed by atoms with van der Waals surface area (Å²) in [6.07, 6.45) is 8.15. The van der Waals surface area contributed by atoms with Gasteiger partial charge in [0.25, 0.3) is 0 Å². The van der Waals surface area contributed by atoms with E-state index in [2.05, 4.69) is 36.6 Å². The van der Waals surface area contributed by atoms with Crippen LogP contribution in [0.4, 0.5) is 0 Å². The van der Waals surface area contributed by atoms with Crippen molar-refractivity contribution in [3.8, 4) is 0 Å². The minimum atomic E-state index is 0.811. The second-order valence-corrected chi connectivity index (χ2v) is 7.11. The molecule has 1 aromatic heterocycles. The fourth-order valence-electron chi connectivity index (χ4n) is 3.49. The largest absolute Gasteiger partial charge is 0.319 e. The predicted octanol–water partition coefficient (Wildman–Crippen LogP) is 4.25. The monoisotopic (exact) mass is 288 g/mol. The Balaban J connectivity index is 1.76. The number of thiazole rings is 1. The molecule has 1 N–H and O–H groups in total. The second kappa shape index (κ2) is 6.68. The molecule has 0 spiro atoms. The number of rotatable bonds is 4. The minimum Gasteiger partial charge on any atom is -0.319 e. The molecule has 0 bridgehead atoms. The summed E-state index contributed by atoms with van der Waals surface area (Å²) in [7, 11) is 2.08. The van der Waals surface area contributed by atoms with Crippen molar-refractivity contribution in [1.82, 2.24) is 10.3 Å². The summed E-state index contributed by atoms with van der Waals surface area (Å²) in [5, 5.41) is 4.72. The van der Waals surface area contributed by atoms with E-state index in [0.717, 1.165) is 18.4 Å². The van der Waals surface area contributed by atoms with Crippen molar-refractivity contribution in [3.05, 3.63) is 29.3 Å². The zero-order valence-corrected chi connectivity index (χ0v) is 13.1. The average molecular weight is 288 g/mol. The molecule has 1 aliphatic rings. The van der Waals surface area contributed by atoms with E-state index in [9.17, 15) is 0 Å². The van der Waals surface area contributed by atoms with Crippen molar-refractivity contribution in [2.24, 2.45) is 11.8 Å². The summed E-state index contributed by atoms with van der Waals surface area (Å²) in [4.78, 5) is 4.83. The molecule has 2 nitrogen and oxygen atoms in total. The van der Waals surface area contributed by atoms with Crippen molar-refractivity contribution in [1.29, 1.82) is 0 Å². The highest BCUT2D eigenvalue weighted by Crippen LogP contribution is 2.33. The maximum atomic E-state index is 4.83. The van der Waals surface area contributed by atoms with Crippen LogP contribution in [0.15, 0.2) is 24.3 Å². The lowest BCUT2D eigenvalue weighted by Crippen LogP contribution is -2.26. The van der Waals surface area contributed by atoms with Gasteiger partial charge in [-0.1, -0.05) is 31.4 Å². The Bertz CT molecular complexity index is 516. The summed E-state index contributed by atoms with van der Waals surface area (Å²) in [5.74, 6) is 1.64. The fraction of sp³-hybridized carbons (Fsp3) is 0.588. The van der Waals surface area contributed by atoms with Crippen LogP contribution in [0.3, 0.4) is 0 Å². The molecule has 1 heterocycles. The van der Waals surface area contributed by atoms with Gasteiger partial charge >= 0.3 is 0 Å². The standard InChI is InChI=1S/C17H24N2S/c1-18-12-14-8-4-2-3-7-13(14)11-17-19-15-9-5-6-10-16(15)20-17/h5-6,9-10,13-14,18H,2-4,7-8,11-12H2,1H3. The van der Waals surface area contributed by atoms with E-state index in [4.69, 9.17) is 4.98 Å². The highest BCUT2D eigenvalue weighted by atomic mass is 32.1. The van der Waals surface area contributed by atoms with Crippen LogP contribution in [0, 0.1) is 11.8 Å². The van der Waals surface area contributed by atoms with Gasteiger partial charge in [0.05, 0.1) is 15.2 Å². The van der Waals surface area contributed by atoms with Gasteiger partial charge in [0.15, 0.2) is 0 Å². The predicted molar refractivity (Wildman–Crippen MR) is 87.3 cm³/mol. The van der Waals surface area contributed by atoms with Crippen molar-refractivity contribution in [3.63, 3.8) is 0 Å². The van der Waals surface area contributed by atoms with Gasteiger partial charge in [0.2, 0.25) is 0 Å². The third-order valence-electron chi connectivity index (χ3n) is 4.56. The van der Waals surface area contributed by atoms with Crippen LogP contribution in [-0.4, -0.2) is 18.6 Å². The summed E-state index contributed by atoms with van der Waals surface area (Å²) >= 11 is 1.89. The van der Waals surface area contributed by atoms with Crippen molar-refractivity contribution in [2.45, 2.75) is 38.5 Å². The zero-order valence-electron chi connectivity index (χ0n) is 12.3. The number of hydrogen-bond acceptors (Lipinski definition) is 3. The normalized spacial score (nSPS) is 23.9. The van der Waals surface area contributed by atoms with Gasteiger partial charge in [-0.15, -0.1) is 11.3 Å². The van der Waals surface area contributed by atoms with E-state index >= 15 is 0 Å². The number of fused-ring (bicyclic) bond motifs is 1. The molecule has 1 aromatic carbocycles. The SMILES string of the molecule is CNCC1CCCCCC1Cc1nc2ccccc2s1. The van der Waals surface area contributed by atoms with E-state index in [1.807, 2.05) is 11.3 Å². The first kappa shape index (κ1) is 14.0. The van der Waals surface area contributed by atoms with Gasteiger partial charge in [0, 0.05) is 6.42 Å². The number of nitrogens with one attached hydrogen (secondary N) is 1. The number of aromatic nitrogens is 1. The first-order chi connectivity index (χ1) is 9.86. The molecule has 1 aliphatic carbocycles. The molecular formula is C17H24N2S. The first-order valence-electron chi connectivity index (χ1n) is 7.86. The Morgan fingerprint density at radius 1 is 1.15 bits per heavy atom. The van der Waals surface area contributed by atoms with Crippen LogP contribution >= 0.6 is 11.3 Å². The van der Waals surface area contributed by atoms with Crippen molar-refractivity contribution < 1.29 is 0 Å². The lowest BCUT2D eigenvalue weighted by molar-refractivity contribution is 0.303. The van der Waals surface area contributed by atoms with E-state index in [1.54, 1.807) is 0 Å². The van der Waals surface area contributed by atoms with Gasteiger partial charge in [-0.05, 0) is 50.4 Å². The van der Waals surface area contributed by atoms with Gasteiger partial charge < -0.3 is 5.32 Å². The number of nitrogens with zero attached hydrogens (tertiary/aromatic N) is 1. The molecule has 1 fully saturated rings. The molecule has 2 aromatic rings. The highest BCUT2D eigenvalue weighted by Gasteiger charge is 2.24. The van der Waals surface area contributed by atoms with Gasteiger partial charge in [-0.2, -0.15) is 0 Å². The van der Waals surface area contributed by atoms with Crippen LogP contribution < -0.4 is 5.32 Å². The van der Waals surface area contributed by atoms with E-state index in [-0.39, 0.29) is 0 Å². The maximum Gasteiger partial charge on any atom is 0.0941 e. The molecule has 108 valence electrons. The van der Waals surface area contributed by atoms with E-state index < -0.39 is 0 Å². The fourth-order valence-corrected chi connectivity index (χ4v) is 4.55. The van der Waals surface area contributed by atoms with Crippen LogP contribution in [0.5, 0.6) is 0 Å². The Labute approximate surface area is 125 Å². The summed E-state index contributed by atoms with van der Waals surface area (Å²) in [5.41, 5.74) is 1.17. The molecule has 20 heavy (non-hydrogen) atoms. The third kappa shape index (κ3) is 3.21. The molecule has 1 saturated carbocycles. The Kier molecular flexibility index (Phi) is 4.69. The third-order valence-corrected chi connectivity index (χ3v) is 5.62.